The Morgan fingerprint density at radius 2 is 1.65 bits per heavy atom. The molecule has 0 aromatic heterocycles. The van der Waals surface area contributed by atoms with Crippen LogP contribution < -0.4 is 0 Å². The molecule has 23 heavy (non-hydrogen) atoms. The number of Topliss-reactive ketones (excluding diaryl/α,β-unsaturated/α-hetero) is 1. The van der Waals surface area contributed by atoms with Gasteiger partial charge in [-0.25, -0.2) is 0 Å². The van der Waals surface area contributed by atoms with Crippen LogP contribution in [0.15, 0.2) is 72.8 Å². The van der Waals surface area contributed by atoms with Crippen LogP contribution in [0.2, 0.25) is 0 Å². The average molecular weight is 299 g/mol. The number of fused-ring (bicyclic) bond motifs is 1. The summed E-state index contributed by atoms with van der Waals surface area (Å²) < 4.78 is 5.59. The summed E-state index contributed by atoms with van der Waals surface area (Å²) in [4.78, 5) is 12.7. The van der Waals surface area contributed by atoms with Crippen molar-refractivity contribution in [2.45, 2.75) is 11.7 Å². The average Bonchev–Trinajstić information content (AvgIpc) is 3.37. The molecule has 2 atom stereocenters. The lowest BCUT2D eigenvalue weighted by molar-refractivity contribution is 0.0914. The first-order valence-electron chi connectivity index (χ1n) is 7.42. The quantitative estimate of drug-likeness (QED) is 0.541. The number of benzene rings is 3. The van der Waals surface area contributed by atoms with Crippen molar-refractivity contribution in [3.63, 3.8) is 0 Å². The normalized spacial score (nSPS) is 22.5. The van der Waals surface area contributed by atoms with Gasteiger partial charge in [-0.15, -0.1) is 0 Å². The molecule has 4 rings (SSSR count). The summed E-state index contributed by atoms with van der Waals surface area (Å²) in [5.74, 6) is -0.279. The highest BCUT2D eigenvalue weighted by molar-refractivity contribution is 6.07. The van der Waals surface area contributed by atoms with E-state index in [1.807, 2.05) is 48.5 Å². The SMILES string of the molecule is N#CC1(C(=O)c2ccccc2)OC1c1ccc2ccccc2c1. The Hall–Kier alpha value is -2.96. The van der Waals surface area contributed by atoms with Crippen molar-refractivity contribution < 1.29 is 9.53 Å². The lowest BCUT2D eigenvalue weighted by Gasteiger charge is -2.04. The minimum Gasteiger partial charge on any atom is -0.338 e. The van der Waals surface area contributed by atoms with Gasteiger partial charge in [0.1, 0.15) is 12.2 Å². The number of ketones is 1. The van der Waals surface area contributed by atoms with Crippen molar-refractivity contribution in [2.24, 2.45) is 0 Å². The first-order chi connectivity index (χ1) is 11.2. The van der Waals surface area contributed by atoms with Crippen LogP contribution >= 0.6 is 0 Å². The van der Waals surface area contributed by atoms with Crippen LogP contribution in [-0.4, -0.2) is 11.4 Å². The maximum absolute atomic E-state index is 12.7. The van der Waals surface area contributed by atoms with Gasteiger partial charge in [0, 0.05) is 5.56 Å². The summed E-state index contributed by atoms with van der Waals surface area (Å²) >= 11 is 0. The Bertz CT molecular complexity index is 943. The van der Waals surface area contributed by atoms with Gasteiger partial charge < -0.3 is 4.74 Å². The van der Waals surface area contributed by atoms with E-state index in [1.165, 1.54) is 0 Å². The number of carbonyl (C=O) groups is 1. The largest absolute Gasteiger partial charge is 0.338 e. The Balaban J connectivity index is 1.71. The molecule has 0 spiro atoms. The summed E-state index contributed by atoms with van der Waals surface area (Å²) in [5, 5.41) is 11.7. The molecule has 0 N–H and O–H groups in total. The third kappa shape index (κ3) is 2.12. The molecular weight excluding hydrogens is 286 g/mol. The van der Waals surface area contributed by atoms with Gasteiger partial charge >= 0.3 is 0 Å². The van der Waals surface area contributed by atoms with Crippen LogP contribution in [-0.2, 0) is 4.74 Å². The molecule has 0 bridgehead atoms. The fourth-order valence-electron chi connectivity index (χ4n) is 2.94. The minimum absolute atomic E-state index is 0.279. The molecule has 0 amide bonds. The topological polar surface area (TPSA) is 53.4 Å². The maximum atomic E-state index is 12.7. The molecule has 3 aromatic rings. The van der Waals surface area contributed by atoms with Crippen LogP contribution in [0.5, 0.6) is 0 Å². The second-order valence-corrected chi connectivity index (χ2v) is 5.65. The molecular formula is C20H13NO2. The smallest absolute Gasteiger partial charge is 0.248 e. The van der Waals surface area contributed by atoms with E-state index in [1.54, 1.807) is 24.3 Å². The van der Waals surface area contributed by atoms with Crippen molar-refractivity contribution in [1.29, 1.82) is 5.26 Å². The third-order valence-electron chi connectivity index (χ3n) is 4.23. The van der Waals surface area contributed by atoms with Crippen molar-refractivity contribution in [1.82, 2.24) is 0 Å². The number of hydrogen-bond donors (Lipinski definition) is 0. The van der Waals surface area contributed by atoms with Crippen molar-refractivity contribution >= 4 is 16.6 Å². The predicted octanol–water partition coefficient (Wildman–Crippen LogP) is 4.06. The number of ether oxygens (including phenoxy) is 1. The Morgan fingerprint density at radius 3 is 2.39 bits per heavy atom. The van der Waals surface area contributed by atoms with Crippen LogP contribution in [0.25, 0.3) is 10.8 Å². The standard InChI is InChI=1S/C20H13NO2/c21-13-20(18(22)15-7-2-1-3-8-15)19(23-20)17-11-10-14-6-4-5-9-16(14)12-17/h1-12,19H. The van der Waals surface area contributed by atoms with E-state index in [0.29, 0.717) is 5.56 Å². The third-order valence-corrected chi connectivity index (χ3v) is 4.23. The Kier molecular flexibility index (Phi) is 3.00. The molecule has 110 valence electrons. The molecule has 3 aromatic carbocycles. The first-order valence-corrected chi connectivity index (χ1v) is 7.42. The fraction of sp³-hybridized carbons (Fsp3) is 0.100. The number of carbonyl (C=O) groups excluding carboxylic acids is 1. The van der Waals surface area contributed by atoms with Gasteiger partial charge in [0.2, 0.25) is 11.4 Å². The highest BCUT2D eigenvalue weighted by atomic mass is 16.6. The zero-order chi connectivity index (χ0) is 15.9. The molecule has 1 saturated heterocycles. The first kappa shape index (κ1) is 13.7. The van der Waals surface area contributed by atoms with Crippen LogP contribution in [0, 0.1) is 11.3 Å². The van der Waals surface area contributed by atoms with Crippen LogP contribution in [0.4, 0.5) is 0 Å². The van der Waals surface area contributed by atoms with Crippen molar-refractivity contribution in [2.75, 3.05) is 0 Å². The predicted molar refractivity (Wildman–Crippen MR) is 86.9 cm³/mol. The highest BCUT2D eigenvalue weighted by Crippen LogP contribution is 2.51. The lowest BCUT2D eigenvalue weighted by Crippen LogP contribution is -2.23. The Morgan fingerprint density at radius 1 is 0.957 bits per heavy atom. The molecule has 0 aliphatic carbocycles. The van der Waals surface area contributed by atoms with Crippen LogP contribution in [0.3, 0.4) is 0 Å². The van der Waals surface area contributed by atoms with Crippen molar-refractivity contribution in [3.8, 4) is 6.07 Å². The van der Waals surface area contributed by atoms with Crippen LogP contribution in [0.1, 0.15) is 22.0 Å². The van der Waals surface area contributed by atoms with E-state index in [4.69, 9.17) is 4.74 Å². The number of nitrogens with zero attached hydrogens (tertiary/aromatic N) is 1. The molecule has 2 unspecified atom stereocenters. The van der Waals surface area contributed by atoms with Gasteiger partial charge in [-0.3, -0.25) is 4.79 Å². The van der Waals surface area contributed by atoms with E-state index in [0.717, 1.165) is 16.3 Å². The zero-order valence-electron chi connectivity index (χ0n) is 12.3. The lowest BCUT2D eigenvalue weighted by atomic mass is 9.91. The van der Waals surface area contributed by atoms with Gasteiger partial charge in [-0.1, -0.05) is 66.7 Å². The molecule has 1 fully saturated rings. The van der Waals surface area contributed by atoms with Gasteiger partial charge in [0.05, 0.1) is 0 Å². The van der Waals surface area contributed by atoms with E-state index >= 15 is 0 Å². The van der Waals surface area contributed by atoms with E-state index in [9.17, 15) is 10.1 Å². The summed E-state index contributed by atoms with van der Waals surface area (Å²) in [6.07, 6.45) is -0.509. The number of nitriles is 1. The molecule has 1 aliphatic rings. The highest BCUT2D eigenvalue weighted by Gasteiger charge is 2.64. The van der Waals surface area contributed by atoms with E-state index in [-0.39, 0.29) is 5.78 Å². The fourth-order valence-corrected chi connectivity index (χ4v) is 2.94. The second kappa shape index (κ2) is 5.05. The number of rotatable bonds is 3. The minimum atomic E-state index is -1.40. The summed E-state index contributed by atoms with van der Waals surface area (Å²) in [6.45, 7) is 0. The van der Waals surface area contributed by atoms with Crippen molar-refractivity contribution in [3.05, 3.63) is 83.9 Å². The van der Waals surface area contributed by atoms with E-state index in [2.05, 4.69) is 6.07 Å². The summed E-state index contributed by atoms with van der Waals surface area (Å²) in [6, 6.07) is 24.8. The van der Waals surface area contributed by atoms with E-state index < -0.39 is 11.7 Å². The molecule has 0 radical (unpaired) electrons. The monoisotopic (exact) mass is 299 g/mol. The Labute approximate surface area is 133 Å². The number of hydrogen-bond acceptors (Lipinski definition) is 3. The molecule has 0 saturated carbocycles. The molecule has 1 aliphatic heterocycles. The maximum Gasteiger partial charge on any atom is 0.248 e. The molecule has 3 heteroatoms. The van der Waals surface area contributed by atoms with Gasteiger partial charge in [-0.05, 0) is 22.4 Å². The molecule has 3 nitrogen and oxygen atoms in total. The molecule has 1 heterocycles. The summed E-state index contributed by atoms with van der Waals surface area (Å²) in [5.41, 5.74) is -0.0454. The van der Waals surface area contributed by atoms with Gasteiger partial charge in [-0.2, -0.15) is 5.26 Å². The zero-order valence-corrected chi connectivity index (χ0v) is 12.3. The van der Waals surface area contributed by atoms with Gasteiger partial charge in [0.25, 0.3) is 0 Å². The van der Waals surface area contributed by atoms with Gasteiger partial charge in [0.15, 0.2) is 0 Å². The summed E-state index contributed by atoms with van der Waals surface area (Å²) in [7, 11) is 0. The number of epoxide rings is 1. The second-order valence-electron chi connectivity index (χ2n) is 5.65.